The van der Waals surface area contributed by atoms with Gasteiger partial charge in [-0.3, -0.25) is 4.79 Å². The topological polar surface area (TPSA) is 73.6 Å². The van der Waals surface area contributed by atoms with Crippen molar-refractivity contribution in [3.8, 4) is 0 Å². The molecule has 5 nitrogen and oxygen atoms in total. The van der Waals surface area contributed by atoms with Crippen molar-refractivity contribution in [1.29, 1.82) is 0 Å². The lowest BCUT2D eigenvalue weighted by atomic mass is 9.80. The minimum Gasteiger partial charge on any atom is -0.378 e. The number of thiol groups is 1. The Kier molecular flexibility index (Phi) is 10.3. The summed E-state index contributed by atoms with van der Waals surface area (Å²) in [7, 11) is 0. The van der Waals surface area contributed by atoms with Crippen LogP contribution in [0.5, 0.6) is 0 Å². The molecule has 0 aliphatic heterocycles. The molecule has 0 unspecified atom stereocenters. The standard InChI is InChI=1S/C15H32N2O3S/c1-14(2,12-15(3,4)21)11-13(18)17-6-8-20-10-9-19-7-5-16/h21H,5-12,16H2,1-4H3,(H,17,18). The van der Waals surface area contributed by atoms with Crippen LogP contribution < -0.4 is 11.1 Å². The number of hydrogen-bond donors (Lipinski definition) is 3. The van der Waals surface area contributed by atoms with Gasteiger partial charge in [-0.1, -0.05) is 27.7 Å². The molecule has 0 spiro atoms. The fourth-order valence-electron chi connectivity index (χ4n) is 2.40. The molecule has 0 aliphatic carbocycles. The summed E-state index contributed by atoms with van der Waals surface area (Å²) >= 11 is 4.53. The van der Waals surface area contributed by atoms with Gasteiger partial charge in [-0.2, -0.15) is 12.6 Å². The van der Waals surface area contributed by atoms with Crippen LogP contribution in [0.15, 0.2) is 0 Å². The van der Waals surface area contributed by atoms with Crippen LogP contribution >= 0.6 is 12.6 Å². The third-order valence-electron chi connectivity index (χ3n) is 2.75. The lowest BCUT2D eigenvalue weighted by Gasteiger charge is -2.31. The Balaban J connectivity index is 3.66. The summed E-state index contributed by atoms with van der Waals surface area (Å²) < 4.78 is 10.5. The average molecular weight is 320 g/mol. The molecule has 0 bridgehead atoms. The van der Waals surface area contributed by atoms with Crippen LogP contribution in [0.2, 0.25) is 0 Å². The SMILES string of the molecule is CC(C)(S)CC(C)(C)CC(=O)NCCOCCOCCN. The van der Waals surface area contributed by atoms with E-state index in [1.54, 1.807) is 0 Å². The number of hydrogen-bond acceptors (Lipinski definition) is 5. The number of nitrogens with one attached hydrogen (secondary N) is 1. The predicted octanol–water partition coefficient (Wildman–Crippen LogP) is 1.61. The number of carbonyl (C=O) groups excluding carboxylic acids is 1. The van der Waals surface area contributed by atoms with Crippen LogP contribution in [-0.2, 0) is 14.3 Å². The molecule has 0 aromatic carbocycles. The molecule has 0 atom stereocenters. The molecule has 6 heteroatoms. The quantitative estimate of drug-likeness (QED) is 0.377. The highest BCUT2D eigenvalue weighted by Gasteiger charge is 2.28. The lowest BCUT2D eigenvalue weighted by Crippen LogP contribution is -2.33. The molecule has 0 aromatic rings. The van der Waals surface area contributed by atoms with E-state index in [0.717, 1.165) is 6.42 Å². The van der Waals surface area contributed by atoms with Gasteiger partial charge in [-0.15, -0.1) is 0 Å². The molecule has 21 heavy (non-hydrogen) atoms. The second-order valence-electron chi connectivity index (χ2n) is 6.69. The van der Waals surface area contributed by atoms with Crippen molar-refractivity contribution in [1.82, 2.24) is 5.32 Å². The molecule has 0 heterocycles. The van der Waals surface area contributed by atoms with Crippen LogP contribution in [0.4, 0.5) is 0 Å². The summed E-state index contributed by atoms with van der Waals surface area (Å²) in [6.45, 7) is 11.5. The van der Waals surface area contributed by atoms with Gasteiger partial charge in [0.2, 0.25) is 5.91 Å². The van der Waals surface area contributed by atoms with Crippen molar-refractivity contribution < 1.29 is 14.3 Å². The van der Waals surface area contributed by atoms with E-state index < -0.39 is 0 Å². The van der Waals surface area contributed by atoms with Crippen molar-refractivity contribution in [2.45, 2.75) is 45.3 Å². The van der Waals surface area contributed by atoms with E-state index in [9.17, 15) is 4.79 Å². The van der Waals surface area contributed by atoms with Crippen molar-refractivity contribution in [2.24, 2.45) is 11.1 Å². The molecule has 0 saturated carbocycles. The van der Waals surface area contributed by atoms with Crippen LogP contribution in [0.1, 0.15) is 40.5 Å². The van der Waals surface area contributed by atoms with E-state index in [1.807, 2.05) is 0 Å². The largest absolute Gasteiger partial charge is 0.378 e. The van der Waals surface area contributed by atoms with Gasteiger partial charge in [-0.05, 0) is 11.8 Å². The van der Waals surface area contributed by atoms with Gasteiger partial charge >= 0.3 is 0 Å². The summed E-state index contributed by atoms with van der Waals surface area (Å²) in [6.07, 6.45) is 1.38. The lowest BCUT2D eigenvalue weighted by molar-refractivity contribution is -0.123. The van der Waals surface area contributed by atoms with Gasteiger partial charge in [0.15, 0.2) is 0 Å². The number of nitrogens with two attached hydrogens (primary N) is 1. The number of rotatable bonds is 12. The highest BCUT2D eigenvalue weighted by molar-refractivity contribution is 7.81. The molecule has 126 valence electrons. The first-order valence-electron chi connectivity index (χ1n) is 7.51. The summed E-state index contributed by atoms with van der Waals surface area (Å²) in [5.74, 6) is 0.0561. The van der Waals surface area contributed by atoms with Crippen LogP contribution in [0.25, 0.3) is 0 Å². The summed E-state index contributed by atoms with van der Waals surface area (Å²) in [5.41, 5.74) is 5.23. The number of carbonyl (C=O) groups is 1. The maximum atomic E-state index is 11.9. The third-order valence-corrected chi connectivity index (χ3v) is 2.91. The average Bonchev–Trinajstić information content (AvgIpc) is 2.28. The van der Waals surface area contributed by atoms with Crippen molar-refractivity contribution >= 4 is 18.5 Å². The number of amides is 1. The normalized spacial score (nSPS) is 12.5. The maximum Gasteiger partial charge on any atom is 0.220 e. The molecule has 0 saturated heterocycles. The Bertz CT molecular complexity index is 291. The minimum absolute atomic E-state index is 0.0561. The fourth-order valence-corrected chi connectivity index (χ4v) is 2.83. The molecule has 0 rings (SSSR count). The first-order valence-corrected chi connectivity index (χ1v) is 7.96. The Morgan fingerprint density at radius 2 is 1.67 bits per heavy atom. The minimum atomic E-state index is -0.0730. The summed E-state index contributed by atoms with van der Waals surface area (Å²) in [6, 6.07) is 0. The Labute approximate surface area is 134 Å². The molecular weight excluding hydrogens is 288 g/mol. The van der Waals surface area contributed by atoms with E-state index in [1.165, 1.54) is 0 Å². The van der Waals surface area contributed by atoms with Crippen LogP contribution in [-0.4, -0.2) is 50.2 Å². The summed E-state index contributed by atoms with van der Waals surface area (Å²) in [4.78, 5) is 11.9. The molecule has 0 fully saturated rings. The zero-order chi connectivity index (χ0) is 16.4. The second kappa shape index (κ2) is 10.4. The van der Waals surface area contributed by atoms with Gasteiger partial charge in [0.25, 0.3) is 0 Å². The highest BCUT2D eigenvalue weighted by atomic mass is 32.1. The molecule has 3 N–H and O–H groups in total. The molecule has 0 aromatic heterocycles. The fraction of sp³-hybridized carbons (Fsp3) is 0.933. The second-order valence-corrected chi connectivity index (χ2v) is 7.90. The van der Waals surface area contributed by atoms with E-state index >= 15 is 0 Å². The van der Waals surface area contributed by atoms with Gasteiger partial charge in [0, 0.05) is 24.3 Å². The highest BCUT2D eigenvalue weighted by Crippen LogP contribution is 2.34. The van der Waals surface area contributed by atoms with Crippen molar-refractivity contribution in [3.63, 3.8) is 0 Å². The Morgan fingerprint density at radius 3 is 2.19 bits per heavy atom. The molecular formula is C15H32N2O3S. The first-order chi connectivity index (χ1) is 9.66. The zero-order valence-corrected chi connectivity index (χ0v) is 14.8. The van der Waals surface area contributed by atoms with Gasteiger partial charge in [0.1, 0.15) is 0 Å². The van der Waals surface area contributed by atoms with E-state index in [-0.39, 0.29) is 16.1 Å². The molecule has 0 aliphatic rings. The van der Waals surface area contributed by atoms with Crippen molar-refractivity contribution in [2.75, 3.05) is 39.5 Å². The van der Waals surface area contributed by atoms with Gasteiger partial charge in [0.05, 0.1) is 26.4 Å². The molecule has 1 amide bonds. The summed E-state index contributed by atoms with van der Waals surface area (Å²) in [5, 5.41) is 2.88. The maximum absolute atomic E-state index is 11.9. The van der Waals surface area contributed by atoms with Gasteiger partial charge < -0.3 is 20.5 Å². The number of ether oxygens (including phenoxy) is 2. The smallest absolute Gasteiger partial charge is 0.220 e. The third kappa shape index (κ3) is 14.4. The van der Waals surface area contributed by atoms with E-state index in [2.05, 4.69) is 45.6 Å². The van der Waals surface area contributed by atoms with Gasteiger partial charge in [-0.25, -0.2) is 0 Å². The monoisotopic (exact) mass is 320 g/mol. The predicted molar refractivity (Wildman–Crippen MR) is 89.8 cm³/mol. The van der Waals surface area contributed by atoms with Crippen LogP contribution in [0, 0.1) is 5.41 Å². The van der Waals surface area contributed by atoms with Crippen molar-refractivity contribution in [3.05, 3.63) is 0 Å². The van der Waals surface area contributed by atoms with E-state index in [4.69, 9.17) is 15.2 Å². The molecule has 0 radical (unpaired) electrons. The first kappa shape index (κ1) is 20.7. The zero-order valence-electron chi connectivity index (χ0n) is 13.9. The Hall–Kier alpha value is -0.300. The Morgan fingerprint density at radius 1 is 1.10 bits per heavy atom. The van der Waals surface area contributed by atoms with Crippen LogP contribution in [0.3, 0.4) is 0 Å². The van der Waals surface area contributed by atoms with E-state index in [0.29, 0.717) is 45.9 Å².